The van der Waals surface area contributed by atoms with Crippen molar-refractivity contribution in [3.8, 4) is 34.7 Å². The summed E-state index contributed by atoms with van der Waals surface area (Å²) in [5.74, 6) is 8.65. The van der Waals surface area contributed by atoms with Crippen molar-refractivity contribution in [2.24, 2.45) is 0 Å². The first-order valence-electron chi connectivity index (χ1n) is 10.9. The summed E-state index contributed by atoms with van der Waals surface area (Å²) in [5, 5.41) is 3.96. The third-order valence-electron chi connectivity index (χ3n) is 5.56. The van der Waals surface area contributed by atoms with Crippen molar-refractivity contribution in [1.82, 2.24) is 10.1 Å². The number of nitrogens with zero attached hydrogens (tertiary/aromatic N) is 2. The third kappa shape index (κ3) is 5.17. The second kappa shape index (κ2) is 10.1. The molecule has 1 heterocycles. The van der Waals surface area contributed by atoms with E-state index in [0.29, 0.717) is 29.6 Å². The summed E-state index contributed by atoms with van der Waals surface area (Å²) in [6.07, 6.45) is 5.91. The number of benzene rings is 2. The van der Waals surface area contributed by atoms with Crippen LogP contribution in [0.5, 0.6) is 11.5 Å². The van der Waals surface area contributed by atoms with E-state index < -0.39 is 0 Å². The van der Waals surface area contributed by atoms with Crippen LogP contribution in [0.3, 0.4) is 0 Å². The lowest BCUT2D eigenvalue weighted by Crippen LogP contribution is -2.12. The van der Waals surface area contributed by atoms with Crippen molar-refractivity contribution in [3.63, 3.8) is 0 Å². The van der Waals surface area contributed by atoms with Gasteiger partial charge in [-0.25, -0.2) is 0 Å². The summed E-state index contributed by atoms with van der Waals surface area (Å²) < 4.78 is 16.8. The highest BCUT2D eigenvalue weighted by molar-refractivity contribution is 5.59. The zero-order valence-corrected chi connectivity index (χ0v) is 18.3. The zero-order chi connectivity index (χ0) is 22.3. The molecule has 0 N–H and O–H groups in total. The lowest BCUT2D eigenvalue weighted by Gasteiger charge is -2.18. The molecule has 0 amide bonds. The average Bonchev–Trinajstić information content (AvgIpc) is 3.48. The Morgan fingerprint density at radius 2 is 2.03 bits per heavy atom. The number of carbonyl (C=O) groups excluding carboxylic acids is 1. The van der Waals surface area contributed by atoms with Crippen LogP contribution in [0.2, 0.25) is 0 Å². The van der Waals surface area contributed by atoms with Crippen molar-refractivity contribution in [2.45, 2.75) is 51.0 Å². The first kappa shape index (κ1) is 21.6. The number of aldehydes is 1. The number of aryl methyl sites for hydroxylation is 1. The summed E-state index contributed by atoms with van der Waals surface area (Å²) in [6, 6.07) is 13.4. The van der Waals surface area contributed by atoms with Gasteiger partial charge in [-0.15, -0.1) is 0 Å². The lowest BCUT2D eigenvalue weighted by atomic mass is 9.96. The van der Waals surface area contributed by atoms with E-state index in [0.717, 1.165) is 35.8 Å². The fraction of sp³-hybridized carbons (Fsp3) is 0.346. The van der Waals surface area contributed by atoms with Crippen LogP contribution in [0.1, 0.15) is 55.0 Å². The average molecular weight is 431 g/mol. The van der Waals surface area contributed by atoms with Crippen LogP contribution in [0, 0.1) is 18.8 Å². The van der Waals surface area contributed by atoms with E-state index >= 15 is 0 Å². The highest BCUT2D eigenvalue weighted by atomic mass is 16.5. The quantitative estimate of drug-likeness (QED) is 0.384. The minimum atomic E-state index is -0.250. The largest absolute Gasteiger partial charge is 0.493 e. The molecule has 0 saturated heterocycles. The van der Waals surface area contributed by atoms with Gasteiger partial charge in [0.2, 0.25) is 11.7 Å². The van der Waals surface area contributed by atoms with E-state index in [1.807, 2.05) is 42.5 Å². The van der Waals surface area contributed by atoms with Crippen molar-refractivity contribution in [3.05, 3.63) is 59.5 Å². The molecule has 1 aliphatic rings. The predicted molar refractivity (Wildman–Crippen MR) is 121 cm³/mol. The minimum absolute atomic E-state index is 0.214. The molecule has 6 heteroatoms. The van der Waals surface area contributed by atoms with Crippen LogP contribution in [-0.4, -0.2) is 29.6 Å². The van der Waals surface area contributed by atoms with Crippen LogP contribution >= 0.6 is 0 Å². The molecule has 1 atom stereocenters. The summed E-state index contributed by atoms with van der Waals surface area (Å²) in [5.41, 5.74) is 2.58. The zero-order valence-electron chi connectivity index (χ0n) is 18.3. The van der Waals surface area contributed by atoms with E-state index in [1.54, 1.807) is 14.0 Å². The molecule has 0 bridgehead atoms. The highest BCUT2D eigenvalue weighted by Gasteiger charge is 2.20. The highest BCUT2D eigenvalue weighted by Crippen LogP contribution is 2.34. The van der Waals surface area contributed by atoms with Crippen molar-refractivity contribution in [2.75, 3.05) is 7.11 Å². The van der Waals surface area contributed by atoms with Gasteiger partial charge < -0.3 is 18.8 Å². The van der Waals surface area contributed by atoms with Gasteiger partial charge in [0.15, 0.2) is 11.5 Å². The number of methoxy groups -OCH3 is 1. The summed E-state index contributed by atoms with van der Waals surface area (Å²) in [4.78, 5) is 15.6. The molecular formula is C26H26N2O4. The molecule has 3 aromatic rings. The van der Waals surface area contributed by atoms with E-state index in [2.05, 4.69) is 22.0 Å². The number of rotatable bonds is 7. The van der Waals surface area contributed by atoms with Gasteiger partial charge in [0.05, 0.1) is 19.1 Å². The fourth-order valence-corrected chi connectivity index (χ4v) is 3.89. The molecule has 1 fully saturated rings. The maximum atomic E-state index is 11.4. The van der Waals surface area contributed by atoms with Gasteiger partial charge in [-0.3, -0.25) is 0 Å². The molecule has 1 aliphatic carbocycles. The molecule has 2 aromatic carbocycles. The van der Waals surface area contributed by atoms with E-state index in [-0.39, 0.29) is 12.0 Å². The van der Waals surface area contributed by atoms with E-state index in [4.69, 9.17) is 14.0 Å². The van der Waals surface area contributed by atoms with E-state index in [1.165, 1.54) is 12.8 Å². The number of hydrogen-bond acceptors (Lipinski definition) is 6. The topological polar surface area (TPSA) is 74.5 Å². The maximum absolute atomic E-state index is 11.4. The molecule has 1 aromatic heterocycles. The molecule has 0 radical (unpaired) electrons. The molecule has 0 spiro atoms. The monoisotopic (exact) mass is 430 g/mol. The van der Waals surface area contributed by atoms with Gasteiger partial charge >= 0.3 is 0 Å². The SMILES string of the molecule is COc1ccc(C(C#Cc2cccc(-c3noc(C)n3)c2)CC=O)cc1OC1CCCC1. The van der Waals surface area contributed by atoms with Gasteiger partial charge in [-0.2, -0.15) is 4.98 Å². The number of aromatic nitrogens is 2. The van der Waals surface area contributed by atoms with Crippen LogP contribution in [-0.2, 0) is 4.79 Å². The fourth-order valence-electron chi connectivity index (χ4n) is 3.89. The third-order valence-corrected chi connectivity index (χ3v) is 5.56. The second-order valence-electron chi connectivity index (χ2n) is 7.88. The van der Waals surface area contributed by atoms with Gasteiger partial charge in [0.1, 0.15) is 6.29 Å². The molecule has 4 rings (SSSR count). The summed E-state index contributed by atoms with van der Waals surface area (Å²) >= 11 is 0. The van der Waals surface area contributed by atoms with Crippen LogP contribution in [0.15, 0.2) is 47.0 Å². The molecule has 6 nitrogen and oxygen atoms in total. The lowest BCUT2D eigenvalue weighted by molar-refractivity contribution is -0.107. The van der Waals surface area contributed by atoms with Crippen LogP contribution < -0.4 is 9.47 Å². The number of ether oxygens (including phenoxy) is 2. The molecule has 164 valence electrons. The minimum Gasteiger partial charge on any atom is -0.493 e. The maximum Gasteiger partial charge on any atom is 0.223 e. The Morgan fingerprint density at radius 1 is 1.19 bits per heavy atom. The predicted octanol–water partition coefficient (Wildman–Crippen LogP) is 5.10. The summed E-state index contributed by atoms with van der Waals surface area (Å²) in [7, 11) is 1.64. The van der Waals surface area contributed by atoms with Gasteiger partial charge in [0, 0.05) is 24.5 Å². The smallest absolute Gasteiger partial charge is 0.223 e. The second-order valence-corrected chi connectivity index (χ2v) is 7.88. The van der Waals surface area contributed by atoms with Crippen LogP contribution in [0.25, 0.3) is 11.4 Å². The number of hydrogen-bond donors (Lipinski definition) is 0. The Balaban J connectivity index is 1.59. The molecule has 1 saturated carbocycles. The Kier molecular flexibility index (Phi) is 6.86. The Labute approximate surface area is 187 Å². The van der Waals surface area contributed by atoms with E-state index in [9.17, 15) is 4.79 Å². The Morgan fingerprint density at radius 3 is 2.75 bits per heavy atom. The molecular weight excluding hydrogens is 404 g/mol. The molecule has 1 unspecified atom stereocenters. The van der Waals surface area contributed by atoms with Crippen molar-refractivity contribution in [1.29, 1.82) is 0 Å². The van der Waals surface area contributed by atoms with Crippen molar-refractivity contribution < 1.29 is 18.8 Å². The van der Waals surface area contributed by atoms with Gasteiger partial charge in [-0.05, 0) is 55.5 Å². The Hall–Kier alpha value is -3.59. The Bertz CT molecular complexity index is 1140. The van der Waals surface area contributed by atoms with Gasteiger partial charge in [-0.1, -0.05) is 35.2 Å². The van der Waals surface area contributed by atoms with Crippen molar-refractivity contribution >= 4 is 6.29 Å². The van der Waals surface area contributed by atoms with Crippen LogP contribution in [0.4, 0.5) is 0 Å². The normalized spacial score (nSPS) is 14.4. The molecule has 0 aliphatic heterocycles. The molecule has 32 heavy (non-hydrogen) atoms. The number of carbonyl (C=O) groups is 1. The standard InChI is InChI=1S/C26H26N2O4/c1-18-27-26(28-32-18)22-7-5-6-19(16-22)10-11-20(14-15-29)21-12-13-24(30-2)25(17-21)31-23-8-3-4-9-23/h5-7,12-13,15-17,20,23H,3-4,8-9,14H2,1-2H3. The summed E-state index contributed by atoms with van der Waals surface area (Å²) in [6.45, 7) is 1.75. The first-order chi connectivity index (χ1) is 15.7. The van der Waals surface area contributed by atoms with Gasteiger partial charge in [0.25, 0.3) is 0 Å². The first-order valence-corrected chi connectivity index (χ1v) is 10.9.